The lowest BCUT2D eigenvalue weighted by molar-refractivity contribution is -0.123. The number of hydrogen-bond acceptors (Lipinski definition) is 1. The first-order chi connectivity index (χ1) is 4.72. The van der Waals surface area contributed by atoms with Crippen LogP contribution in [0.1, 0.15) is 19.8 Å². The highest BCUT2D eigenvalue weighted by Crippen LogP contribution is 2.23. The highest BCUT2D eigenvalue weighted by Gasteiger charge is 2.22. The molecule has 0 saturated carbocycles. The molecule has 1 amide bonds. The van der Waals surface area contributed by atoms with Gasteiger partial charge < -0.3 is 5.73 Å². The SMILES string of the molecule is CC1C=CCCC1C(N)=O. The molecule has 1 aliphatic carbocycles. The number of primary amides is 1. The maximum Gasteiger partial charge on any atom is 0.221 e. The van der Waals surface area contributed by atoms with Crippen LogP contribution in [-0.4, -0.2) is 5.91 Å². The predicted molar refractivity (Wildman–Crippen MR) is 40.2 cm³/mol. The summed E-state index contributed by atoms with van der Waals surface area (Å²) in [5, 5.41) is 0. The Hall–Kier alpha value is -0.790. The molecule has 0 heterocycles. The molecule has 0 fully saturated rings. The molecule has 1 rings (SSSR count). The van der Waals surface area contributed by atoms with Crippen molar-refractivity contribution < 1.29 is 4.79 Å². The van der Waals surface area contributed by atoms with Crippen molar-refractivity contribution in [3.63, 3.8) is 0 Å². The Morgan fingerprint density at radius 1 is 1.70 bits per heavy atom. The smallest absolute Gasteiger partial charge is 0.221 e. The first-order valence-electron chi connectivity index (χ1n) is 3.68. The minimum atomic E-state index is -0.156. The van der Waals surface area contributed by atoms with E-state index in [9.17, 15) is 4.79 Å². The van der Waals surface area contributed by atoms with Gasteiger partial charge in [0, 0.05) is 5.92 Å². The Balaban J connectivity index is 2.60. The van der Waals surface area contributed by atoms with Gasteiger partial charge in [-0.15, -0.1) is 0 Å². The monoisotopic (exact) mass is 139 g/mol. The minimum Gasteiger partial charge on any atom is -0.369 e. The van der Waals surface area contributed by atoms with E-state index in [0.717, 1.165) is 12.8 Å². The number of nitrogens with two attached hydrogens (primary N) is 1. The molecule has 56 valence electrons. The van der Waals surface area contributed by atoms with Crippen molar-refractivity contribution in [3.05, 3.63) is 12.2 Å². The van der Waals surface area contributed by atoms with Gasteiger partial charge in [-0.1, -0.05) is 19.1 Å². The Morgan fingerprint density at radius 2 is 2.40 bits per heavy atom. The van der Waals surface area contributed by atoms with Gasteiger partial charge in [-0.3, -0.25) is 4.79 Å². The highest BCUT2D eigenvalue weighted by molar-refractivity contribution is 5.77. The van der Waals surface area contributed by atoms with E-state index in [0.29, 0.717) is 5.92 Å². The van der Waals surface area contributed by atoms with E-state index < -0.39 is 0 Å². The minimum absolute atomic E-state index is 0.0741. The molecule has 0 spiro atoms. The van der Waals surface area contributed by atoms with Crippen molar-refractivity contribution in [1.82, 2.24) is 0 Å². The van der Waals surface area contributed by atoms with E-state index in [2.05, 4.69) is 12.2 Å². The molecule has 10 heavy (non-hydrogen) atoms. The zero-order chi connectivity index (χ0) is 7.56. The van der Waals surface area contributed by atoms with E-state index >= 15 is 0 Å². The topological polar surface area (TPSA) is 43.1 Å². The second-order valence-corrected chi connectivity index (χ2v) is 2.87. The fraction of sp³-hybridized carbons (Fsp3) is 0.625. The summed E-state index contributed by atoms with van der Waals surface area (Å²) < 4.78 is 0. The maximum atomic E-state index is 10.8. The van der Waals surface area contributed by atoms with Gasteiger partial charge in [0.25, 0.3) is 0 Å². The lowest BCUT2D eigenvalue weighted by Gasteiger charge is -2.20. The molecule has 0 aromatic carbocycles. The Labute approximate surface area is 61.1 Å². The molecular formula is C8H13NO. The van der Waals surface area contributed by atoms with Gasteiger partial charge in [0.05, 0.1) is 0 Å². The Kier molecular flexibility index (Phi) is 2.10. The fourth-order valence-corrected chi connectivity index (χ4v) is 1.39. The molecule has 0 aliphatic heterocycles. The zero-order valence-corrected chi connectivity index (χ0v) is 6.21. The standard InChI is InChI=1S/C8H13NO/c1-6-4-2-3-5-7(6)8(9)10/h2,4,6-7H,3,5H2,1H3,(H2,9,10). The number of carbonyl (C=O) groups excluding carboxylic acids is 1. The average molecular weight is 139 g/mol. The summed E-state index contributed by atoms with van der Waals surface area (Å²) in [6.45, 7) is 2.03. The number of amides is 1. The highest BCUT2D eigenvalue weighted by atomic mass is 16.1. The third kappa shape index (κ3) is 1.38. The Morgan fingerprint density at radius 3 is 2.80 bits per heavy atom. The van der Waals surface area contributed by atoms with Crippen LogP contribution in [0, 0.1) is 11.8 Å². The van der Waals surface area contributed by atoms with E-state index in [-0.39, 0.29) is 11.8 Å². The van der Waals surface area contributed by atoms with Gasteiger partial charge >= 0.3 is 0 Å². The summed E-state index contributed by atoms with van der Waals surface area (Å²) in [5.41, 5.74) is 5.18. The summed E-state index contributed by atoms with van der Waals surface area (Å²) in [6, 6.07) is 0. The number of rotatable bonds is 1. The quantitative estimate of drug-likeness (QED) is 0.542. The van der Waals surface area contributed by atoms with Crippen LogP contribution in [0.15, 0.2) is 12.2 Å². The van der Waals surface area contributed by atoms with E-state index in [4.69, 9.17) is 5.73 Å². The van der Waals surface area contributed by atoms with Crippen LogP contribution in [0.4, 0.5) is 0 Å². The van der Waals surface area contributed by atoms with Crippen molar-refractivity contribution in [3.8, 4) is 0 Å². The van der Waals surface area contributed by atoms with Crippen LogP contribution in [0.2, 0.25) is 0 Å². The molecule has 0 radical (unpaired) electrons. The van der Waals surface area contributed by atoms with Crippen LogP contribution >= 0.6 is 0 Å². The third-order valence-electron chi connectivity index (χ3n) is 2.08. The van der Waals surface area contributed by atoms with Crippen LogP contribution in [0.3, 0.4) is 0 Å². The molecule has 0 aromatic heterocycles. The van der Waals surface area contributed by atoms with Gasteiger partial charge in [0.15, 0.2) is 0 Å². The molecule has 1 aliphatic rings. The molecule has 2 unspecified atom stereocenters. The number of carbonyl (C=O) groups is 1. The first kappa shape index (κ1) is 7.32. The van der Waals surface area contributed by atoms with E-state index in [1.165, 1.54) is 0 Å². The van der Waals surface area contributed by atoms with Crippen molar-refractivity contribution in [2.45, 2.75) is 19.8 Å². The average Bonchev–Trinajstić information content (AvgIpc) is 1.88. The van der Waals surface area contributed by atoms with E-state index in [1.807, 2.05) is 6.92 Å². The molecule has 2 heteroatoms. The largest absolute Gasteiger partial charge is 0.369 e. The van der Waals surface area contributed by atoms with Crippen LogP contribution in [0.25, 0.3) is 0 Å². The lowest BCUT2D eigenvalue weighted by Crippen LogP contribution is -2.29. The summed E-state index contributed by atoms with van der Waals surface area (Å²) in [6.07, 6.45) is 6.11. The molecular weight excluding hydrogens is 126 g/mol. The van der Waals surface area contributed by atoms with Gasteiger partial charge in [0.2, 0.25) is 5.91 Å². The van der Waals surface area contributed by atoms with Gasteiger partial charge in [-0.2, -0.15) is 0 Å². The zero-order valence-electron chi connectivity index (χ0n) is 6.21. The summed E-state index contributed by atoms with van der Waals surface area (Å²) in [7, 11) is 0. The predicted octanol–water partition coefficient (Wildman–Crippen LogP) is 1.07. The molecule has 0 bridgehead atoms. The van der Waals surface area contributed by atoms with Gasteiger partial charge in [-0.05, 0) is 18.8 Å². The normalized spacial score (nSPS) is 32.1. The second-order valence-electron chi connectivity index (χ2n) is 2.87. The van der Waals surface area contributed by atoms with E-state index in [1.54, 1.807) is 0 Å². The molecule has 0 aromatic rings. The molecule has 2 N–H and O–H groups in total. The van der Waals surface area contributed by atoms with Crippen molar-refractivity contribution in [2.75, 3.05) is 0 Å². The molecule has 0 saturated heterocycles. The molecule has 2 atom stereocenters. The summed E-state index contributed by atoms with van der Waals surface area (Å²) in [5.74, 6) is 0.257. The van der Waals surface area contributed by atoms with Crippen LogP contribution in [-0.2, 0) is 4.79 Å². The van der Waals surface area contributed by atoms with Gasteiger partial charge in [0.1, 0.15) is 0 Å². The Bertz CT molecular complexity index is 163. The first-order valence-corrected chi connectivity index (χ1v) is 3.68. The summed E-state index contributed by atoms with van der Waals surface area (Å²) in [4.78, 5) is 10.8. The van der Waals surface area contributed by atoms with Crippen LogP contribution < -0.4 is 5.73 Å². The lowest BCUT2D eigenvalue weighted by atomic mass is 9.85. The van der Waals surface area contributed by atoms with Gasteiger partial charge in [-0.25, -0.2) is 0 Å². The fourth-order valence-electron chi connectivity index (χ4n) is 1.39. The van der Waals surface area contributed by atoms with Crippen molar-refractivity contribution in [2.24, 2.45) is 17.6 Å². The van der Waals surface area contributed by atoms with Crippen LogP contribution in [0.5, 0.6) is 0 Å². The maximum absolute atomic E-state index is 10.8. The molecule has 2 nitrogen and oxygen atoms in total. The number of hydrogen-bond donors (Lipinski definition) is 1. The van der Waals surface area contributed by atoms with Crippen molar-refractivity contribution in [1.29, 1.82) is 0 Å². The second kappa shape index (κ2) is 2.86. The number of allylic oxidation sites excluding steroid dienone is 2. The third-order valence-corrected chi connectivity index (χ3v) is 2.08. The summed E-state index contributed by atoms with van der Waals surface area (Å²) >= 11 is 0. The van der Waals surface area contributed by atoms with Crippen molar-refractivity contribution >= 4 is 5.91 Å².